The predicted molar refractivity (Wildman–Crippen MR) is 88.1 cm³/mol. The van der Waals surface area contributed by atoms with Gasteiger partial charge < -0.3 is 9.84 Å². The highest BCUT2D eigenvalue weighted by Gasteiger charge is 2.30. The molecule has 1 aromatic heterocycles. The lowest BCUT2D eigenvalue weighted by atomic mass is 10.1. The zero-order valence-electron chi connectivity index (χ0n) is 13.9. The Balaban J connectivity index is 1.71. The van der Waals surface area contributed by atoms with Gasteiger partial charge in [-0.05, 0) is 44.4 Å². The van der Waals surface area contributed by atoms with Crippen LogP contribution in [0.4, 0.5) is 0 Å². The summed E-state index contributed by atoms with van der Waals surface area (Å²) in [7, 11) is 1.65. The Bertz CT molecular complexity index is 667. The average Bonchev–Trinajstić information content (AvgIpc) is 3.36. The Hall–Kier alpha value is -2.14. The van der Waals surface area contributed by atoms with Crippen molar-refractivity contribution < 1.29 is 9.32 Å². The van der Waals surface area contributed by atoms with Gasteiger partial charge in [-0.3, -0.25) is 9.69 Å². The minimum Gasteiger partial charge on any atom is -0.361 e. The normalized spacial score (nSPS) is 14.3. The van der Waals surface area contributed by atoms with Gasteiger partial charge in [0.25, 0.3) is 5.91 Å². The lowest BCUT2D eigenvalue weighted by Crippen LogP contribution is -2.25. The lowest BCUT2D eigenvalue weighted by molar-refractivity contribution is 0.0963. The standard InChI is InChI=1S/C18H23N3O2/c1-12-17(13(2)23-20-12)11-21(16-8-9-16)10-14-4-6-15(7-5-14)18(22)19-3/h4-7,16H,8-11H2,1-3H3,(H,19,22). The van der Waals surface area contributed by atoms with E-state index in [1.54, 1.807) is 7.05 Å². The van der Waals surface area contributed by atoms with Gasteiger partial charge in [0.05, 0.1) is 5.69 Å². The van der Waals surface area contributed by atoms with Crippen LogP contribution in [0.1, 0.15) is 45.8 Å². The summed E-state index contributed by atoms with van der Waals surface area (Å²) in [6.45, 7) is 5.71. The van der Waals surface area contributed by atoms with E-state index in [1.807, 2.05) is 38.1 Å². The van der Waals surface area contributed by atoms with Crippen LogP contribution >= 0.6 is 0 Å². The van der Waals surface area contributed by atoms with Crippen LogP contribution in [-0.4, -0.2) is 29.1 Å². The number of hydrogen-bond acceptors (Lipinski definition) is 4. The van der Waals surface area contributed by atoms with Crippen LogP contribution in [0.2, 0.25) is 0 Å². The third-order valence-electron chi connectivity index (χ3n) is 4.43. The second kappa shape index (κ2) is 6.54. The Morgan fingerprint density at radius 2 is 1.96 bits per heavy atom. The van der Waals surface area contributed by atoms with Crippen molar-refractivity contribution in [3.05, 3.63) is 52.4 Å². The van der Waals surface area contributed by atoms with Gasteiger partial charge in [0.2, 0.25) is 0 Å². The highest BCUT2D eigenvalue weighted by atomic mass is 16.5. The fraction of sp³-hybridized carbons (Fsp3) is 0.444. The molecule has 0 bridgehead atoms. The van der Waals surface area contributed by atoms with Gasteiger partial charge in [-0.15, -0.1) is 0 Å². The number of nitrogens with one attached hydrogen (secondary N) is 1. The third kappa shape index (κ3) is 3.62. The van der Waals surface area contributed by atoms with Crippen LogP contribution in [0, 0.1) is 13.8 Å². The van der Waals surface area contributed by atoms with Gasteiger partial charge >= 0.3 is 0 Å². The molecule has 1 saturated carbocycles. The molecule has 23 heavy (non-hydrogen) atoms. The molecule has 5 nitrogen and oxygen atoms in total. The van der Waals surface area contributed by atoms with Crippen molar-refractivity contribution in [1.82, 2.24) is 15.4 Å². The topological polar surface area (TPSA) is 58.4 Å². The Morgan fingerprint density at radius 1 is 1.26 bits per heavy atom. The van der Waals surface area contributed by atoms with E-state index in [0.717, 1.165) is 24.5 Å². The summed E-state index contributed by atoms with van der Waals surface area (Å²) in [5, 5.41) is 6.70. The van der Waals surface area contributed by atoms with Gasteiger partial charge in [0.1, 0.15) is 5.76 Å². The molecule has 0 spiro atoms. The summed E-state index contributed by atoms with van der Waals surface area (Å²) in [6, 6.07) is 8.48. The largest absolute Gasteiger partial charge is 0.361 e. The zero-order chi connectivity index (χ0) is 16.4. The minimum absolute atomic E-state index is 0.0497. The van der Waals surface area contributed by atoms with E-state index in [1.165, 1.54) is 24.0 Å². The maximum absolute atomic E-state index is 11.6. The molecule has 1 amide bonds. The van der Waals surface area contributed by atoms with Crippen molar-refractivity contribution >= 4 is 5.91 Å². The Kier molecular flexibility index (Phi) is 4.48. The molecule has 0 radical (unpaired) electrons. The fourth-order valence-electron chi connectivity index (χ4n) is 2.82. The number of rotatable bonds is 6. The van der Waals surface area contributed by atoms with Gasteiger partial charge in [-0.1, -0.05) is 17.3 Å². The highest BCUT2D eigenvalue weighted by molar-refractivity contribution is 5.93. The molecule has 1 aromatic carbocycles. The van der Waals surface area contributed by atoms with Crippen molar-refractivity contribution in [3.63, 3.8) is 0 Å². The van der Waals surface area contributed by atoms with Gasteiger partial charge in [0, 0.05) is 37.3 Å². The Labute approximate surface area is 136 Å². The molecular weight excluding hydrogens is 290 g/mol. The molecule has 1 aliphatic carbocycles. The van der Waals surface area contributed by atoms with Crippen LogP contribution < -0.4 is 5.32 Å². The number of aromatic nitrogens is 1. The van der Waals surface area contributed by atoms with Gasteiger partial charge in [0.15, 0.2) is 0 Å². The quantitative estimate of drug-likeness (QED) is 0.891. The van der Waals surface area contributed by atoms with Crippen molar-refractivity contribution in [1.29, 1.82) is 0 Å². The molecule has 2 aromatic rings. The smallest absolute Gasteiger partial charge is 0.251 e. The SMILES string of the molecule is CNC(=O)c1ccc(CN(Cc2c(C)noc2C)C2CC2)cc1. The Morgan fingerprint density at radius 3 is 2.48 bits per heavy atom. The van der Waals surface area contributed by atoms with Crippen molar-refractivity contribution in [2.75, 3.05) is 7.05 Å². The molecule has 5 heteroatoms. The first-order valence-corrected chi connectivity index (χ1v) is 8.05. The zero-order valence-corrected chi connectivity index (χ0v) is 13.9. The number of benzene rings is 1. The van der Waals surface area contributed by atoms with Crippen molar-refractivity contribution in [2.24, 2.45) is 0 Å². The van der Waals surface area contributed by atoms with E-state index in [-0.39, 0.29) is 5.91 Å². The van der Waals surface area contributed by atoms with E-state index < -0.39 is 0 Å². The monoisotopic (exact) mass is 313 g/mol. The number of aryl methyl sites for hydroxylation is 2. The molecular formula is C18H23N3O2. The van der Waals surface area contributed by atoms with Crippen molar-refractivity contribution in [3.8, 4) is 0 Å². The predicted octanol–water partition coefficient (Wildman–Crippen LogP) is 2.82. The number of nitrogens with zero attached hydrogens (tertiary/aromatic N) is 2. The van der Waals surface area contributed by atoms with Crippen LogP contribution in [0.25, 0.3) is 0 Å². The van der Waals surface area contributed by atoms with Gasteiger partial charge in [-0.25, -0.2) is 0 Å². The number of carbonyl (C=O) groups excluding carboxylic acids is 1. The maximum Gasteiger partial charge on any atom is 0.251 e. The molecule has 1 fully saturated rings. The maximum atomic E-state index is 11.6. The number of hydrogen-bond donors (Lipinski definition) is 1. The molecule has 3 rings (SSSR count). The number of carbonyl (C=O) groups is 1. The average molecular weight is 313 g/mol. The van der Waals surface area contributed by atoms with Crippen LogP contribution in [0.15, 0.2) is 28.8 Å². The van der Waals surface area contributed by atoms with Crippen LogP contribution in [0.3, 0.4) is 0 Å². The third-order valence-corrected chi connectivity index (χ3v) is 4.43. The van der Waals surface area contributed by atoms with E-state index >= 15 is 0 Å². The molecule has 1 aliphatic rings. The van der Waals surface area contributed by atoms with E-state index in [0.29, 0.717) is 11.6 Å². The molecule has 0 atom stereocenters. The summed E-state index contributed by atoms with van der Waals surface area (Å²) in [5.41, 5.74) is 4.08. The molecule has 0 aliphatic heterocycles. The second-order valence-electron chi connectivity index (χ2n) is 6.21. The molecule has 1 N–H and O–H groups in total. The lowest BCUT2D eigenvalue weighted by Gasteiger charge is -2.22. The van der Waals surface area contributed by atoms with Crippen LogP contribution in [-0.2, 0) is 13.1 Å². The first kappa shape index (κ1) is 15.7. The van der Waals surface area contributed by atoms with Crippen molar-refractivity contribution in [2.45, 2.75) is 45.8 Å². The molecule has 122 valence electrons. The molecule has 0 saturated heterocycles. The first-order valence-electron chi connectivity index (χ1n) is 8.05. The van der Waals surface area contributed by atoms with Crippen LogP contribution in [0.5, 0.6) is 0 Å². The fourth-order valence-corrected chi connectivity index (χ4v) is 2.82. The first-order chi connectivity index (χ1) is 11.1. The molecule has 1 heterocycles. The minimum atomic E-state index is -0.0497. The summed E-state index contributed by atoms with van der Waals surface area (Å²) < 4.78 is 5.28. The number of amides is 1. The van der Waals surface area contributed by atoms with Gasteiger partial charge in [-0.2, -0.15) is 0 Å². The summed E-state index contributed by atoms with van der Waals surface area (Å²) in [6.07, 6.45) is 2.50. The molecule has 0 unspecified atom stereocenters. The summed E-state index contributed by atoms with van der Waals surface area (Å²) >= 11 is 0. The van der Waals surface area contributed by atoms with E-state index in [9.17, 15) is 4.79 Å². The van der Waals surface area contributed by atoms with E-state index in [4.69, 9.17) is 4.52 Å². The highest BCUT2D eigenvalue weighted by Crippen LogP contribution is 2.31. The summed E-state index contributed by atoms with van der Waals surface area (Å²) in [5.74, 6) is 0.856. The van der Waals surface area contributed by atoms with E-state index in [2.05, 4.69) is 15.4 Å². The second-order valence-corrected chi connectivity index (χ2v) is 6.21. The summed E-state index contributed by atoms with van der Waals surface area (Å²) in [4.78, 5) is 14.1.